The molecule has 0 aliphatic heterocycles. The van der Waals surface area contributed by atoms with Gasteiger partial charge in [0, 0.05) is 0 Å². The summed E-state index contributed by atoms with van der Waals surface area (Å²) in [4.78, 5) is 21.0. The number of carboxylic acid groups (broad SMARTS) is 1. The van der Waals surface area contributed by atoms with E-state index in [1.165, 1.54) is 19.1 Å². The average Bonchev–Trinajstić information content (AvgIpc) is 2.20. The number of carboxylic acids is 1. The molecule has 0 amide bonds. The van der Waals surface area contributed by atoms with Crippen molar-refractivity contribution in [2.45, 2.75) is 13.0 Å². The molecule has 1 rings (SSSR count). The molecule has 5 heteroatoms. The maximum Gasteiger partial charge on any atom is 0.344 e. The number of carbonyl (C=O) groups excluding carboxylic acids is 1. The van der Waals surface area contributed by atoms with Crippen LogP contribution in [0.2, 0.25) is 0 Å². The van der Waals surface area contributed by atoms with E-state index in [0.29, 0.717) is 6.29 Å². The van der Waals surface area contributed by atoms with E-state index in [4.69, 9.17) is 9.84 Å². The number of benzene rings is 1. The van der Waals surface area contributed by atoms with Gasteiger partial charge in [-0.15, -0.1) is 0 Å². The number of hydrogen-bond donors (Lipinski definition) is 1. The number of para-hydroxylation sites is 1. The van der Waals surface area contributed by atoms with Crippen LogP contribution in [0.3, 0.4) is 0 Å². The largest absolute Gasteiger partial charge is 0.479 e. The van der Waals surface area contributed by atoms with Gasteiger partial charge in [-0.25, -0.2) is 9.18 Å². The van der Waals surface area contributed by atoms with Crippen LogP contribution in [-0.4, -0.2) is 23.5 Å². The Bertz CT molecular complexity index is 389. The van der Waals surface area contributed by atoms with E-state index in [2.05, 4.69) is 0 Å². The minimum Gasteiger partial charge on any atom is -0.479 e. The highest BCUT2D eigenvalue weighted by Gasteiger charge is 2.17. The van der Waals surface area contributed by atoms with Gasteiger partial charge in [0.25, 0.3) is 0 Å². The van der Waals surface area contributed by atoms with Gasteiger partial charge in [-0.3, -0.25) is 4.79 Å². The van der Waals surface area contributed by atoms with Gasteiger partial charge in [0.2, 0.25) is 0 Å². The summed E-state index contributed by atoms with van der Waals surface area (Å²) in [6.45, 7) is 1.25. The molecule has 0 aliphatic rings. The first-order valence-corrected chi connectivity index (χ1v) is 4.19. The second-order valence-electron chi connectivity index (χ2n) is 2.87. The third-order valence-corrected chi connectivity index (χ3v) is 1.77. The van der Waals surface area contributed by atoms with Gasteiger partial charge in [0.15, 0.2) is 24.0 Å². The standard InChI is InChI=1S/C10H9FO4/c1-6(10(13)14)15-9-7(5-12)3-2-4-8(9)11/h2-6H,1H3,(H,13,14)/t6-/m0/s1. The van der Waals surface area contributed by atoms with Crippen LogP contribution in [0.25, 0.3) is 0 Å². The molecule has 0 spiro atoms. The molecule has 0 bridgehead atoms. The minimum atomic E-state index is -1.23. The van der Waals surface area contributed by atoms with Crippen molar-refractivity contribution in [3.8, 4) is 5.75 Å². The Morgan fingerprint density at radius 1 is 1.60 bits per heavy atom. The lowest BCUT2D eigenvalue weighted by molar-refractivity contribution is -0.144. The minimum absolute atomic E-state index is 0.0110. The van der Waals surface area contributed by atoms with Crippen LogP contribution >= 0.6 is 0 Å². The Labute approximate surface area is 85.3 Å². The quantitative estimate of drug-likeness (QED) is 0.768. The summed E-state index contributed by atoms with van der Waals surface area (Å²) in [5.74, 6) is -2.31. The zero-order valence-electron chi connectivity index (χ0n) is 7.94. The Morgan fingerprint density at radius 3 is 2.80 bits per heavy atom. The van der Waals surface area contributed by atoms with Gasteiger partial charge < -0.3 is 9.84 Å². The van der Waals surface area contributed by atoms with Crippen molar-refractivity contribution in [2.24, 2.45) is 0 Å². The monoisotopic (exact) mass is 212 g/mol. The van der Waals surface area contributed by atoms with Gasteiger partial charge in [-0.2, -0.15) is 0 Å². The molecule has 0 aromatic heterocycles. The zero-order chi connectivity index (χ0) is 11.4. The molecule has 1 aromatic rings. The smallest absolute Gasteiger partial charge is 0.344 e. The number of ether oxygens (including phenoxy) is 1. The Balaban J connectivity index is 3.02. The summed E-state index contributed by atoms with van der Waals surface area (Å²) in [7, 11) is 0. The van der Waals surface area contributed by atoms with Crippen LogP contribution in [-0.2, 0) is 4.79 Å². The lowest BCUT2D eigenvalue weighted by atomic mass is 10.2. The maximum absolute atomic E-state index is 13.2. The predicted molar refractivity (Wildman–Crippen MR) is 49.5 cm³/mol. The molecule has 1 atom stereocenters. The molecule has 0 saturated heterocycles. The highest BCUT2D eigenvalue weighted by molar-refractivity contribution is 5.80. The second-order valence-corrected chi connectivity index (χ2v) is 2.87. The summed E-state index contributed by atoms with van der Waals surface area (Å²) in [6, 6.07) is 3.79. The van der Waals surface area contributed by atoms with Gasteiger partial charge in [0.1, 0.15) is 0 Å². The van der Waals surface area contributed by atoms with Crippen LogP contribution in [0, 0.1) is 5.82 Å². The summed E-state index contributed by atoms with van der Waals surface area (Å²) in [5.41, 5.74) is -0.0110. The maximum atomic E-state index is 13.2. The Kier molecular flexibility index (Phi) is 3.38. The number of carbonyl (C=O) groups is 2. The molecule has 0 saturated carbocycles. The van der Waals surface area contributed by atoms with Crippen molar-refractivity contribution in [2.75, 3.05) is 0 Å². The number of aliphatic carboxylic acids is 1. The third-order valence-electron chi connectivity index (χ3n) is 1.77. The van der Waals surface area contributed by atoms with Crippen LogP contribution in [0.4, 0.5) is 4.39 Å². The fourth-order valence-electron chi connectivity index (χ4n) is 0.970. The van der Waals surface area contributed by atoms with E-state index in [1.54, 1.807) is 0 Å². The van der Waals surface area contributed by atoms with E-state index in [-0.39, 0.29) is 11.3 Å². The predicted octanol–water partition coefficient (Wildman–Crippen LogP) is 1.49. The van der Waals surface area contributed by atoms with Crippen molar-refractivity contribution in [3.63, 3.8) is 0 Å². The fourth-order valence-corrected chi connectivity index (χ4v) is 0.970. The molecule has 15 heavy (non-hydrogen) atoms. The second kappa shape index (κ2) is 4.54. The van der Waals surface area contributed by atoms with Crippen LogP contribution in [0.15, 0.2) is 18.2 Å². The molecule has 0 aliphatic carbocycles. The van der Waals surface area contributed by atoms with E-state index in [9.17, 15) is 14.0 Å². The topological polar surface area (TPSA) is 63.6 Å². The normalized spacial score (nSPS) is 11.9. The summed E-state index contributed by atoms with van der Waals surface area (Å²) in [5, 5.41) is 8.56. The highest BCUT2D eigenvalue weighted by atomic mass is 19.1. The molecule has 1 aromatic carbocycles. The van der Waals surface area contributed by atoms with Crippen molar-refractivity contribution in [1.29, 1.82) is 0 Å². The molecule has 0 fully saturated rings. The van der Waals surface area contributed by atoms with Gasteiger partial charge in [-0.1, -0.05) is 6.07 Å². The molecule has 1 N–H and O–H groups in total. The van der Waals surface area contributed by atoms with E-state index >= 15 is 0 Å². The first-order chi connectivity index (χ1) is 7.06. The zero-order valence-corrected chi connectivity index (χ0v) is 7.94. The number of halogens is 1. The summed E-state index contributed by atoms with van der Waals surface area (Å²) < 4.78 is 18.0. The molecule has 0 heterocycles. The number of rotatable bonds is 4. The molecule has 80 valence electrons. The van der Waals surface area contributed by atoms with Gasteiger partial charge in [-0.05, 0) is 19.1 Å². The lowest BCUT2D eigenvalue weighted by Crippen LogP contribution is -2.23. The SMILES string of the molecule is C[C@H](Oc1c(F)cccc1C=O)C(=O)O. The van der Waals surface area contributed by atoms with Crippen molar-refractivity contribution >= 4 is 12.3 Å². The van der Waals surface area contributed by atoms with Crippen LogP contribution < -0.4 is 4.74 Å². The molecular weight excluding hydrogens is 203 g/mol. The van der Waals surface area contributed by atoms with Gasteiger partial charge in [0.05, 0.1) is 5.56 Å². The molecular formula is C10H9FO4. The highest BCUT2D eigenvalue weighted by Crippen LogP contribution is 2.22. The van der Waals surface area contributed by atoms with Crippen molar-refractivity contribution in [3.05, 3.63) is 29.6 Å². The number of aldehydes is 1. The Hall–Kier alpha value is -1.91. The molecule has 4 nitrogen and oxygen atoms in total. The first kappa shape index (κ1) is 11.2. The van der Waals surface area contributed by atoms with Crippen molar-refractivity contribution < 1.29 is 23.8 Å². The van der Waals surface area contributed by atoms with Crippen LogP contribution in [0.1, 0.15) is 17.3 Å². The molecule has 0 unspecified atom stereocenters. The lowest BCUT2D eigenvalue weighted by Gasteiger charge is -2.12. The fraction of sp³-hybridized carbons (Fsp3) is 0.200. The average molecular weight is 212 g/mol. The first-order valence-electron chi connectivity index (χ1n) is 4.19. The number of hydrogen-bond acceptors (Lipinski definition) is 3. The van der Waals surface area contributed by atoms with Crippen LogP contribution in [0.5, 0.6) is 5.75 Å². The van der Waals surface area contributed by atoms with E-state index < -0.39 is 17.9 Å². The third kappa shape index (κ3) is 2.52. The molecule has 0 radical (unpaired) electrons. The Morgan fingerprint density at radius 2 is 2.27 bits per heavy atom. The van der Waals surface area contributed by atoms with E-state index in [0.717, 1.165) is 6.07 Å². The summed E-state index contributed by atoms with van der Waals surface area (Å²) in [6.07, 6.45) is -0.798. The van der Waals surface area contributed by atoms with E-state index in [1.807, 2.05) is 0 Å². The van der Waals surface area contributed by atoms with Gasteiger partial charge >= 0.3 is 5.97 Å². The summed E-state index contributed by atoms with van der Waals surface area (Å²) >= 11 is 0. The van der Waals surface area contributed by atoms with Crippen molar-refractivity contribution in [1.82, 2.24) is 0 Å².